The van der Waals surface area contributed by atoms with Gasteiger partial charge in [-0.25, -0.2) is 5.43 Å². The second-order valence-electron chi connectivity index (χ2n) is 4.34. The molecule has 0 aliphatic heterocycles. The van der Waals surface area contributed by atoms with Crippen LogP contribution in [0.3, 0.4) is 0 Å². The first-order valence-electron chi connectivity index (χ1n) is 5.95. The Bertz CT molecular complexity index is 530. The smallest absolute Gasteiger partial charge is 0.249 e. The van der Waals surface area contributed by atoms with Crippen LogP contribution in [-0.2, 0) is 9.59 Å². The number of carbonyl (C=O) groups excluding carboxylic acids is 2. The number of carbonyl (C=O) groups is 2. The molecule has 108 valence electrons. The van der Waals surface area contributed by atoms with Gasteiger partial charge in [0, 0.05) is 11.6 Å². The van der Waals surface area contributed by atoms with Gasteiger partial charge >= 0.3 is 0 Å². The molecule has 0 saturated carbocycles. The highest BCUT2D eigenvalue weighted by Crippen LogP contribution is 2.23. The van der Waals surface area contributed by atoms with Crippen molar-refractivity contribution in [1.82, 2.24) is 10.7 Å². The maximum absolute atomic E-state index is 11.4. The average molecular weight is 316 g/mol. The van der Waals surface area contributed by atoms with Crippen molar-refractivity contribution in [3.05, 3.63) is 33.8 Å². The van der Waals surface area contributed by atoms with Crippen LogP contribution in [0.25, 0.3) is 0 Å². The molecule has 0 heterocycles. The summed E-state index contributed by atoms with van der Waals surface area (Å²) in [6, 6.07) is 5.06. The van der Waals surface area contributed by atoms with E-state index in [0.29, 0.717) is 15.6 Å². The molecule has 0 aromatic heterocycles. The summed E-state index contributed by atoms with van der Waals surface area (Å²) in [5.41, 5.74) is 2.83. The number of hydrogen-bond acceptors (Lipinski definition) is 3. The van der Waals surface area contributed by atoms with Crippen LogP contribution in [0.5, 0.6) is 0 Å². The molecule has 0 spiro atoms. The Morgan fingerprint density at radius 2 is 2.00 bits per heavy atom. The Hall–Kier alpha value is -1.59. The van der Waals surface area contributed by atoms with Gasteiger partial charge in [-0.3, -0.25) is 9.59 Å². The maximum Gasteiger partial charge on any atom is 0.249 e. The number of halogens is 2. The van der Waals surface area contributed by atoms with E-state index in [-0.39, 0.29) is 18.4 Å². The summed E-state index contributed by atoms with van der Waals surface area (Å²) in [4.78, 5) is 22.8. The van der Waals surface area contributed by atoms with Gasteiger partial charge in [-0.2, -0.15) is 5.10 Å². The summed E-state index contributed by atoms with van der Waals surface area (Å²) in [6.07, 6.45) is 1.09. The third-order valence-corrected chi connectivity index (χ3v) is 2.98. The number of nitrogens with one attached hydrogen (secondary N) is 2. The van der Waals surface area contributed by atoms with Gasteiger partial charge in [0.15, 0.2) is 0 Å². The van der Waals surface area contributed by atoms with Crippen molar-refractivity contribution in [2.75, 3.05) is 0 Å². The molecule has 0 unspecified atom stereocenters. The zero-order valence-electron chi connectivity index (χ0n) is 11.1. The monoisotopic (exact) mass is 315 g/mol. The Morgan fingerprint density at radius 3 is 2.65 bits per heavy atom. The normalized spacial score (nSPS) is 10.8. The lowest BCUT2D eigenvalue weighted by Gasteiger charge is -2.06. The predicted octanol–water partition coefficient (Wildman–Crippen LogP) is 2.36. The molecule has 0 atom stereocenters. The van der Waals surface area contributed by atoms with E-state index in [9.17, 15) is 9.59 Å². The Balaban J connectivity index is 2.50. The van der Waals surface area contributed by atoms with E-state index in [1.165, 1.54) is 6.21 Å². The van der Waals surface area contributed by atoms with Crippen LogP contribution in [0.1, 0.15) is 25.8 Å². The van der Waals surface area contributed by atoms with Gasteiger partial charge < -0.3 is 5.32 Å². The van der Waals surface area contributed by atoms with Crippen molar-refractivity contribution >= 4 is 41.2 Å². The molecule has 0 radical (unpaired) electrons. The van der Waals surface area contributed by atoms with E-state index in [1.807, 2.05) is 13.8 Å². The van der Waals surface area contributed by atoms with Crippen LogP contribution in [0.4, 0.5) is 0 Å². The molecule has 20 heavy (non-hydrogen) atoms. The average Bonchev–Trinajstić information content (AvgIpc) is 2.33. The fourth-order valence-corrected chi connectivity index (χ4v) is 1.71. The number of hydrogen-bond donors (Lipinski definition) is 2. The zero-order chi connectivity index (χ0) is 15.1. The largest absolute Gasteiger partial charge is 0.353 e. The highest BCUT2D eigenvalue weighted by molar-refractivity contribution is 6.43. The number of rotatable bonds is 5. The first-order chi connectivity index (χ1) is 9.40. The Morgan fingerprint density at radius 1 is 1.30 bits per heavy atom. The first-order valence-corrected chi connectivity index (χ1v) is 6.71. The molecule has 0 fully saturated rings. The first kappa shape index (κ1) is 16.5. The molecule has 0 aliphatic rings. The van der Waals surface area contributed by atoms with E-state index in [1.54, 1.807) is 18.2 Å². The van der Waals surface area contributed by atoms with Gasteiger partial charge in [0.25, 0.3) is 0 Å². The molecule has 7 heteroatoms. The van der Waals surface area contributed by atoms with E-state index < -0.39 is 5.91 Å². The van der Waals surface area contributed by atoms with Crippen LogP contribution in [0, 0.1) is 0 Å². The lowest BCUT2D eigenvalue weighted by Crippen LogP contribution is -2.34. The fraction of sp³-hybridized carbons (Fsp3) is 0.308. The van der Waals surface area contributed by atoms with E-state index in [0.717, 1.165) is 0 Å². The Labute approximate surface area is 127 Å². The minimum atomic E-state index is -0.502. The third kappa shape index (κ3) is 5.59. The Kier molecular flexibility index (Phi) is 6.48. The number of hydrazone groups is 1. The molecule has 1 aromatic rings. The summed E-state index contributed by atoms with van der Waals surface area (Å²) in [5, 5.41) is 7.09. The topological polar surface area (TPSA) is 70.6 Å². The van der Waals surface area contributed by atoms with Gasteiger partial charge in [-0.1, -0.05) is 35.3 Å². The molecular weight excluding hydrogens is 301 g/mol. The number of nitrogens with zero attached hydrogens (tertiary/aromatic N) is 1. The van der Waals surface area contributed by atoms with Crippen molar-refractivity contribution in [3.63, 3.8) is 0 Å². The molecule has 1 rings (SSSR count). The van der Waals surface area contributed by atoms with Gasteiger partial charge in [0.1, 0.15) is 6.42 Å². The van der Waals surface area contributed by atoms with Crippen LogP contribution < -0.4 is 10.7 Å². The SMILES string of the molecule is CC(C)NC(=O)CC(=O)NN=Cc1cccc(Cl)c1Cl. The van der Waals surface area contributed by atoms with Crippen LogP contribution >= 0.6 is 23.2 Å². The third-order valence-electron chi connectivity index (χ3n) is 2.15. The quantitative estimate of drug-likeness (QED) is 0.497. The lowest BCUT2D eigenvalue weighted by atomic mass is 10.2. The van der Waals surface area contributed by atoms with Crippen molar-refractivity contribution < 1.29 is 9.59 Å². The van der Waals surface area contributed by atoms with Crippen LogP contribution in [-0.4, -0.2) is 24.1 Å². The van der Waals surface area contributed by atoms with Crippen LogP contribution in [0.2, 0.25) is 10.0 Å². The van der Waals surface area contributed by atoms with Crippen molar-refractivity contribution in [1.29, 1.82) is 0 Å². The molecule has 2 amide bonds. The minimum Gasteiger partial charge on any atom is -0.353 e. The highest BCUT2D eigenvalue weighted by Gasteiger charge is 2.09. The summed E-state index contributed by atoms with van der Waals surface area (Å²) in [7, 11) is 0. The molecule has 0 saturated heterocycles. The van der Waals surface area contributed by atoms with Crippen molar-refractivity contribution in [2.24, 2.45) is 5.10 Å². The van der Waals surface area contributed by atoms with Crippen molar-refractivity contribution in [3.8, 4) is 0 Å². The van der Waals surface area contributed by atoms with Gasteiger partial charge in [-0.05, 0) is 19.9 Å². The summed E-state index contributed by atoms with van der Waals surface area (Å²) in [5.74, 6) is -0.856. The minimum absolute atomic E-state index is 0.0101. The molecule has 1 aromatic carbocycles. The standard InChI is InChI=1S/C13H15Cl2N3O2/c1-8(2)17-11(19)6-12(20)18-16-7-9-4-3-5-10(14)13(9)15/h3-5,7-8H,6H2,1-2H3,(H,17,19)(H,18,20). The van der Waals surface area contributed by atoms with E-state index in [4.69, 9.17) is 23.2 Å². The molecule has 2 N–H and O–H groups in total. The predicted molar refractivity (Wildman–Crippen MR) is 80.1 cm³/mol. The van der Waals surface area contributed by atoms with E-state index in [2.05, 4.69) is 15.8 Å². The second kappa shape index (κ2) is 7.87. The molecule has 0 aliphatic carbocycles. The summed E-state index contributed by atoms with van der Waals surface area (Å²) < 4.78 is 0. The molecule has 5 nitrogen and oxygen atoms in total. The van der Waals surface area contributed by atoms with Gasteiger partial charge in [0.05, 0.1) is 16.3 Å². The fourth-order valence-electron chi connectivity index (χ4n) is 1.35. The van der Waals surface area contributed by atoms with E-state index >= 15 is 0 Å². The number of amides is 2. The summed E-state index contributed by atoms with van der Waals surface area (Å²) >= 11 is 11.8. The summed E-state index contributed by atoms with van der Waals surface area (Å²) in [6.45, 7) is 3.63. The van der Waals surface area contributed by atoms with Crippen LogP contribution in [0.15, 0.2) is 23.3 Å². The lowest BCUT2D eigenvalue weighted by molar-refractivity contribution is -0.129. The maximum atomic E-state index is 11.4. The van der Waals surface area contributed by atoms with Gasteiger partial charge in [-0.15, -0.1) is 0 Å². The zero-order valence-corrected chi connectivity index (χ0v) is 12.6. The highest BCUT2D eigenvalue weighted by atomic mass is 35.5. The number of benzene rings is 1. The van der Waals surface area contributed by atoms with Crippen molar-refractivity contribution in [2.45, 2.75) is 26.3 Å². The van der Waals surface area contributed by atoms with Gasteiger partial charge in [0.2, 0.25) is 11.8 Å². The molecule has 0 bridgehead atoms. The molecular formula is C13H15Cl2N3O2. The second-order valence-corrected chi connectivity index (χ2v) is 5.12.